The molecule has 0 spiro atoms. The fraction of sp³-hybridized carbons (Fsp3) is 0.571. The molecule has 1 aromatic rings. The number of pyridine rings is 1. The Hall–Kier alpha value is -1.27. The maximum absolute atomic E-state index is 9.00. The Morgan fingerprint density at radius 2 is 1.89 bits per heavy atom. The van der Waals surface area contributed by atoms with Crippen molar-refractivity contribution in [1.82, 2.24) is 4.98 Å². The lowest BCUT2D eigenvalue weighted by molar-refractivity contribution is 0.671. The molecule has 0 aliphatic rings. The standard InChI is InChI=1S/C14H20ClN3/c1-3-5-9-18(10-6-4-2)14-13(15)12(11-16)7-8-17-14/h7-8H,3-6,9-10H2,1-2H3. The minimum absolute atomic E-state index is 0.479. The van der Waals surface area contributed by atoms with Crippen LogP contribution in [-0.2, 0) is 0 Å². The van der Waals surface area contributed by atoms with Gasteiger partial charge in [-0.3, -0.25) is 0 Å². The van der Waals surface area contributed by atoms with Crippen molar-refractivity contribution in [1.29, 1.82) is 5.26 Å². The third-order valence-corrected chi connectivity index (χ3v) is 3.23. The predicted octanol–water partition coefficient (Wildman–Crippen LogP) is 4.01. The van der Waals surface area contributed by atoms with Gasteiger partial charge in [-0.05, 0) is 18.9 Å². The second-order valence-electron chi connectivity index (χ2n) is 4.30. The van der Waals surface area contributed by atoms with Gasteiger partial charge in [-0.15, -0.1) is 0 Å². The molecule has 0 aliphatic heterocycles. The van der Waals surface area contributed by atoms with Crippen LogP contribution in [0.2, 0.25) is 5.02 Å². The van der Waals surface area contributed by atoms with Crippen LogP contribution in [0.15, 0.2) is 12.3 Å². The van der Waals surface area contributed by atoms with E-state index in [0.29, 0.717) is 10.6 Å². The first-order chi connectivity index (χ1) is 8.74. The zero-order valence-corrected chi connectivity index (χ0v) is 11.9. The van der Waals surface area contributed by atoms with Crippen molar-refractivity contribution >= 4 is 17.4 Å². The zero-order valence-electron chi connectivity index (χ0n) is 11.1. The molecule has 1 rings (SSSR count). The number of rotatable bonds is 7. The molecule has 1 heterocycles. The van der Waals surface area contributed by atoms with Gasteiger partial charge in [0.2, 0.25) is 0 Å². The summed E-state index contributed by atoms with van der Waals surface area (Å²) in [6.45, 7) is 6.22. The van der Waals surface area contributed by atoms with Crippen LogP contribution in [-0.4, -0.2) is 18.1 Å². The molecule has 0 bridgehead atoms. The normalized spacial score (nSPS) is 10.1. The van der Waals surface area contributed by atoms with Gasteiger partial charge in [0.25, 0.3) is 0 Å². The number of halogens is 1. The average molecular weight is 266 g/mol. The van der Waals surface area contributed by atoms with Gasteiger partial charge in [-0.2, -0.15) is 5.26 Å². The lowest BCUT2D eigenvalue weighted by atomic mass is 10.2. The predicted molar refractivity (Wildman–Crippen MR) is 76.0 cm³/mol. The Morgan fingerprint density at radius 3 is 2.39 bits per heavy atom. The van der Waals surface area contributed by atoms with Crippen LogP contribution < -0.4 is 4.90 Å². The fourth-order valence-electron chi connectivity index (χ4n) is 1.76. The molecule has 3 nitrogen and oxygen atoms in total. The summed E-state index contributed by atoms with van der Waals surface area (Å²) in [6, 6.07) is 3.76. The van der Waals surface area contributed by atoms with E-state index in [0.717, 1.165) is 44.6 Å². The SMILES string of the molecule is CCCCN(CCCC)c1nccc(C#N)c1Cl. The van der Waals surface area contributed by atoms with Gasteiger partial charge >= 0.3 is 0 Å². The third-order valence-electron chi connectivity index (χ3n) is 2.85. The summed E-state index contributed by atoms with van der Waals surface area (Å²) in [5.41, 5.74) is 0.500. The fourth-order valence-corrected chi connectivity index (χ4v) is 2.03. The number of anilines is 1. The minimum Gasteiger partial charge on any atom is -0.355 e. The first kappa shape index (κ1) is 14.8. The minimum atomic E-state index is 0.479. The molecule has 0 fully saturated rings. The van der Waals surface area contributed by atoms with E-state index in [1.54, 1.807) is 12.3 Å². The number of aromatic nitrogens is 1. The Labute approximate surface area is 114 Å². The van der Waals surface area contributed by atoms with E-state index in [2.05, 4.69) is 29.8 Å². The molecule has 0 atom stereocenters. The highest BCUT2D eigenvalue weighted by molar-refractivity contribution is 6.34. The number of unbranched alkanes of at least 4 members (excludes halogenated alkanes) is 2. The number of nitriles is 1. The Balaban J connectivity index is 2.93. The molecule has 1 aromatic heterocycles. The van der Waals surface area contributed by atoms with Crippen LogP contribution in [0.1, 0.15) is 45.1 Å². The van der Waals surface area contributed by atoms with Crippen LogP contribution in [0.5, 0.6) is 0 Å². The van der Waals surface area contributed by atoms with Crippen LogP contribution in [0.3, 0.4) is 0 Å². The highest BCUT2D eigenvalue weighted by Crippen LogP contribution is 2.26. The van der Waals surface area contributed by atoms with Gasteiger partial charge in [0.05, 0.1) is 5.56 Å². The lowest BCUT2D eigenvalue weighted by Crippen LogP contribution is -2.27. The summed E-state index contributed by atoms with van der Waals surface area (Å²) >= 11 is 6.23. The van der Waals surface area contributed by atoms with Crippen molar-refractivity contribution in [3.05, 3.63) is 22.8 Å². The molecular weight excluding hydrogens is 246 g/mol. The molecule has 98 valence electrons. The number of hydrogen-bond donors (Lipinski definition) is 0. The van der Waals surface area contributed by atoms with Crippen LogP contribution in [0, 0.1) is 11.3 Å². The van der Waals surface area contributed by atoms with E-state index in [1.165, 1.54) is 0 Å². The highest BCUT2D eigenvalue weighted by atomic mass is 35.5. The lowest BCUT2D eigenvalue weighted by Gasteiger charge is -2.24. The Bertz CT molecular complexity index is 404. The molecule has 0 saturated carbocycles. The van der Waals surface area contributed by atoms with Crippen molar-refractivity contribution in [2.24, 2.45) is 0 Å². The number of hydrogen-bond acceptors (Lipinski definition) is 3. The molecule has 0 radical (unpaired) electrons. The molecule has 0 amide bonds. The van der Waals surface area contributed by atoms with E-state index in [4.69, 9.17) is 16.9 Å². The monoisotopic (exact) mass is 265 g/mol. The largest absolute Gasteiger partial charge is 0.355 e. The van der Waals surface area contributed by atoms with Crippen LogP contribution in [0.25, 0.3) is 0 Å². The Morgan fingerprint density at radius 1 is 1.28 bits per heavy atom. The van der Waals surface area contributed by atoms with E-state index in [1.807, 2.05) is 0 Å². The van der Waals surface area contributed by atoms with E-state index < -0.39 is 0 Å². The molecule has 4 heteroatoms. The van der Waals surface area contributed by atoms with Gasteiger partial charge in [0.1, 0.15) is 16.9 Å². The second-order valence-corrected chi connectivity index (χ2v) is 4.68. The van der Waals surface area contributed by atoms with Gasteiger partial charge in [-0.25, -0.2) is 4.98 Å². The topological polar surface area (TPSA) is 39.9 Å². The summed E-state index contributed by atoms with van der Waals surface area (Å²) in [5.74, 6) is 0.748. The third kappa shape index (κ3) is 3.89. The summed E-state index contributed by atoms with van der Waals surface area (Å²) in [4.78, 5) is 6.53. The van der Waals surface area contributed by atoms with Crippen molar-refractivity contribution in [2.45, 2.75) is 39.5 Å². The molecule has 18 heavy (non-hydrogen) atoms. The Kier molecular flexibility index (Phi) is 6.53. The van der Waals surface area contributed by atoms with Gasteiger partial charge < -0.3 is 4.90 Å². The van der Waals surface area contributed by atoms with Gasteiger partial charge in [0.15, 0.2) is 0 Å². The maximum atomic E-state index is 9.00. The highest BCUT2D eigenvalue weighted by Gasteiger charge is 2.13. The van der Waals surface area contributed by atoms with E-state index in [9.17, 15) is 0 Å². The molecule has 0 aromatic carbocycles. The van der Waals surface area contributed by atoms with Crippen molar-refractivity contribution < 1.29 is 0 Å². The van der Waals surface area contributed by atoms with Crippen molar-refractivity contribution in [2.75, 3.05) is 18.0 Å². The first-order valence-corrected chi connectivity index (χ1v) is 6.91. The summed E-state index contributed by atoms with van der Waals surface area (Å²) in [5, 5.41) is 9.47. The smallest absolute Gasteiger partial charge is 0.148 e. The van der Waals surface area contributed by atoms with Crippen LogP contribution in [0.4, 0.5) is 5.82 Å². The number of nitrogens with zero attached hydrogens (tertiary/aromatic N) is 3. The van der Waals surface area contributed by atoms with Crippen molar-refractivity contribution in [3.8, 4) is 6.07 Å². The average Bonchev–Trinajstić information content (AvgIpc) is 2.40. The quantitative estimate of drug-likeness (QED) is 0.748. The molecule has 0 N–H and O–H groups in total. The molecule has 0 aliphatic carbocycles. The second kappa shape index (κ2) is 7.94. The summed E-state index contributed by atoms with van der Waals surface area (Å²) < 4.78 is 0. The zero-order chi connectivity index (χ0) is 13.4. The molecular formula is C14H20ClN3. The van der Waals surface area contributed by atoms with Crippen LogP contribution >= 0.6 is 11.6 Å². The summed E-state index contributed by atoms with van der Waals surface area (Å²) in [6.07, 6.45) is 6.15. The maximum Gasteiger partial charge on any atom is 0.148 e. The molecule has 0 unspecified atom stereocenters. The van der Waals surface area contributed by atoms with Crippen molar-refractivity contribution in [3.63, 3.8) is 0 Å². The summed E-state index contributed by atoms with van der Waals surface area (Å²) in [7, 11) is 0. The first-order valence-electron chi connectivity index (χ1n) is 6.54. The van der Waals surface area contributed by atoms with Gasteiger partial charge in [0, 0.05) is 19.3 Å². The van der Waals surface area contributed by atoms with E-state index >= 15 is 0 Å². The van der Waals surface area contributed by atoms with Gasteiger partial charge in [-0.1, -0.05) is 38.3 Å². The van der Waals surface area contributed by atoms with E-state index in [-0.39, 0.29) is 0 Å². The molecule has 0 saturated heterocycles.